The molecule has 0 aliphatic rings. The highest BCUT2D eigenvalue weighted by molar-refractivity contribution is 6.30. The second-order valence-electron chi connectivity index (χ2n) is 2.46. The second kappa shape index (κ2) is 3.76. The second-order valence-corrected chi connectivity index (χ2v) is 2.87. The van der Waals surface area contributed by atoms with Crippen LogP contribution in [0.3, 0.4) is 0 Å². The fourth-order valence-electron chi connectivity index (χ4n) is 0.939. The number of halogens is 2. The summed E-state index contributed by atoms with van der Waals surface area (Å²) in [6.07, 6.45) is 0. The Morgan fingerprint density at radius 1 is 1.50 bits per heavy atom. The molecule has 0 amide bonds. The van der Waals surface area contributed by atoms with Crippen LogP contribution in [0.5, 0.6) is 5.75 Å². The Hall–Kier alpha value is -0.760. The van der Waals surface area contributed by atoms with Crippen molar-refractivity contribution in [3.8, 4) is 5.75 Å². The Labute approximate surface area is 76.1 Å². The van der Waals surface area contributed by atoms with Crippen molar-refractivity contribution >= 4 is 11.6 Å². The van der Waals surface area contributed by atoms with Crippen molar-refractivity contribution in [2.45, 2.75) is 13.8 Å². The molecule has 0 aromatic heterocycles. The molecule has 0 fully saturated rings. The van der Waals surface area contributed by atoms with Crippen LogP contribution in [-0.2, 0) is 0 Å². The van der Waals surface area contributed by atoms with E-state index in [2.05, 4.69) is 0 Å². The van der Waals surface area contributed by atoms with Gasteiger partial charge in [0, 0.05) is 6.07 Å². The van der Waals surface area contributed by atoms with E-state index in [1.54, 1.807) is 6.92 Å². The van der Waals surface area contributed by atoms with E-state index < -0.39 is 5.82 Å². The third-order valence-corrected chi connectivity index (χ3v) is 1.81. The SMILES string of the molecule is CCOc1cc(Cl)c(F)cc1C. The summed E-state index contributed by atoms with van der Waals surface area (Å²) < 4.78 is 18.0. The highest BCUT2D eigenvalue weighted by Gasteiger charge is 2.05. The van der Waals surface area contributed by atoms with Crippen molar-refractivity contribution in [2.75, 3.05) is 6.61 Å². The van der Waals surface area contributed by atoms with E-state index in [9.17, 15) is 4.39 Å². The van der Waals surface area contributed by atoms with Gasteiger partial charge < -0.3 is 4.74 Å². The molecule has 1 aromatic carbocycles. The summed E-state index contributed by atoms with van der Waals surface area (Å²) in [6, 6.07) is 2.86. The van der Waals surface area contributed by atoms with Crippen LogP contribution < -0.4 is 4.74 Å². The summed E-state index contributed by atoms with van der Waals surface area (Å²) in [6.45, 7) is 4.21. The summed E-state index contributed by atoms with van der Waals surface area (Å²) >= 11 is 5.57. The monoisotopic (exact) mass is 188 g/mol. The average Bonchev–Trinajstić information content (AvgIpc) is 2.01. The van der Waals surface area contributed by atoms with Crippen LogP contribution in [0.1, 0.15) is 12.5 Å². The van der Waals surface area contributed by atoms with Gasteiger partial charge in [0.1, 0.15) is 11.6 Å². The lowest BCUT2D eigenvalue weighted by Gasteiger charge is -2.07. The zero-order valence-corrected chi connectivity index (χ0v) is 7.78. The van der Waals surface area contributed by atoms with Gasteiger partial charge in [0.05, 0.1) is 11.6 Å². The van der Waals surface area contributed by atoms with E-state index in [1.165, 1.54) is 12.1 Å². The van der Waals surface area contributed by atoms with Crippen molar-refractivity contribution in [2.24, 2.45) is 0 Å². The zero-order chi connectivity index (χ0) is 9.14. The average molecular weight is 189 g/mol. The van der Waals surface area contributed by atoms with E-state index in [0.29, 0.717) is 12.4 Å². The van der Waals surface area contributed by atoms with Gasteiger partial charge in [-0.25, -0.2) is 4.39 Å². The summed E-state index contributed by atoms with van der Waals surface area (Å²) in [7, 11) is 0. The Morgan fingerprint density at radius 3 is 2.75 bits per heavy atom. The lowest BCUT2D eigenvalue weighted by Crippen LogP contribution is -1.94. The first-order valence-electron chi connectivity index (χ1n) is 3.73. The standard InChI is InChI=1S/C9H10ClFO/c1-3-12-9-5-7(10)8(11)4-6(9)2/h4-5H,3H2,1-2H3. The van der Waals surface area contributed by atoms with Crippen LogP contribution in [0.25, 0.3) is 0 Å². The molecule has 0 aliphatic heterocycles. The molecule has 3 heteroatoms. The minimum Gasteiger partial charge on any atom is -0.494 e. The predicted molar refractivity (Wildman–Crippen MR) is 47.3 cm³/mol. The van der Waals surface area contributed by atoms with Gasteiger partial charge in [0.15, 0.2) is 0 Å². The molecule has 0 saturated heterocycles. The molecular weight excluding hydrogens is 179 g/mol. The first kappa shape index (κ1) is 9.33. The van der Waals surface area contributed by atoms with E-state index >= 15 is 0 Å². The molecule has 0 bridgehead atoms. The minimum atomic E-state index is -0.405. The number of benzene rings is 1. The Kier molecular flexibility index (Phi) is 2.93. The largest absolute Gasteiger partial charge is 0.494 e. The van der Waals surface area contributed by atoms with E-state index in [1.807, 2.05) is 6.92 Å². The van der Waals surface area contributed by atoms with Crippen LogP contribution in [0.15, 0.2) is 12.1 Å². The lowest BCUT2D eigenvalue weighted by atomic mass is 10.2. The van der Waals surface area contributed by atoms with Gasteiger partial charge in [-0.05, 0) is 25.5 Å². The highest BCUT2D eigenvalue weighted by atomic mass is 35.5. The van der Waals surface area contributed by atoms with Crippen molar-refractivity contribution in [1.82, 2.24) is 0 Å². The van der Waals surface area contributed by atoms with E-state index in [4.69, 9.17) is 16.3 Å². The molecule has 0 unspecified atom stereocenters. The number of rotatable bonds is 2. The van der Waals surface area contributed by atoms with Crippen LogP contribution in [-0.4, -0.2) is 6.61 Å². The number of hydrogen-bond acceptors (Lipinski definition) is 1. The number of aryl methyl sites for hydroxylation is 1. The van der Waals surface area contributed by atoms with Crippen molar-refractivity contribution in [3.05, 3.63) is 28.5 Å². The lowest BCUT2D eigenvalue weighted by molar-refractivity contribution is 0.337. The van der Waals surface area contributed by atoms with Gasteiger partial charge in [0.25, 0.3) is 0 Å². The normalized spacial score (nSPS) is 10.0. The Morgan fingerprint density at radius 2 is 2.17 bits per heavy atom. The van der Waals surface area contributed by atoms with Crippen molar-refractivity contribution < 1.29 is 9.13 Å². The maximum atomic E-state index is 12.8. The molecule has 0 spiro atoms. The third-order valence-electron chi connectivity index (χ3n) is 1.52. The summed E-state index contributed by atoms with van der Waals surface area (Å²) in [5.74, 6) is 0.238. The molecule has 1 rings (SSSR count). The Balaban J connectivity index is 3.05. The van der Waals surface area contributed by atoms with Crippen LogP contribution in [0, 0.1) is 12.7 Å². The molecule has 0 heterocycles. The Bertz CT molecular complexity index is 286. The molecule has 0 radical (unpaired) electrons. The number of ether oxygens (including phenoxy) is 1. The maximum absolute atomic E-state index is 12.8. The van der Waals surface area contributed by atoms with Gasteiger partial charge in [-0.2, -0.15) is 0 Å². The fraction of sp³-hybridized carbons (Fsp3) is 0.333. The van der Waals surface area contributed by atoms with Gasteiger partial charge in [-0.1, -0.05) is 11.6 Å². The van der Waals surface area contributed by atoms with Crippen LogP contribution in [0.2, 0.25) is 5.02 Å². The molecule has 0 aliphatic carbocycles. The third kappa shape index (κ3) is 1.89. The molecule has 0 atom stereocenters. The first-order valence-corrected chi connectivity index (χ1v) is 4.11. The summed E-state index contributed by atoms with van der Waals surface area (Å²) in [5.41, 5.74) is 0.763. The highest BCUT2D eigenvalue weighted by Crippen LogP contribution is 2.25. The molecule has 12 heavy (non-hydrogen) atoms. The summed E-state index contributed by atoms with van der Waals surface area (Å²) in [5, 5.41) is 0.101. The maximum Gasteiger partial charge on any atom is 0.142 e. The number of hydrogen-bond donors (Lipinski definition) is 0. The minimum absolute atomic E-state index is 0.101. The van der Waals surface area contributed by atoms with Gasteiger partial charge in [0.2, 0.25) is 0 Å². The van der Waals surface area contributed by atoms with Gasteiger partial charge in [-0.15, -0.1) is 0 Å². The molecule has 1 aromatic rings. The van der Waals surface area contributed by atoms with Crippen molar-refractivity contribution in [1.29, 1.82) is 0 Å². The fourth-order valence-corrected chi connectivity index (χ4v) is 1.09. The molecule has 0 N–H and O–H groups in total. The van der Waals surface area contributed by atoms with Crippen LogP contribution >= 0.6 is 11.6 Å². The molecule has 66 valence electrons. The van der Waals surface area contributed by atoms with Gasteiger partial charge in [-0.3, -0.25) is 0 Å². The zero-order valence-electron chi connectivity index (χ0n) is 7.03. The molecule has 1 nitrogen and oxygen atoms in total. The summed E-state index contributed by atoms with van der Waals surface area (Å²) in [4.78, 5) is 0. The van der Waals surface area contributed by atoms with Gasteiger partial charge >= 0.3 is 0 Å². The van der Waals surface area contributed by atoms with Crippen LogP contribution in [0.4, 0.5) is 4.39 Å². The van der Waals surface area contributed by atoms with E-state index in [0.717, 1.165) is 5.56 Å². The smallest absolute Gasteiger partial charge is 0.142 e. The molecular formula is C9H10ClFO. The topological polar surface area (TPSA) is 9.23 Å². The van der Waals surface area contributed by atoms with Crippen molar-refractivity contribution in [3.63, 3.8) is 0 Å². The first-order chi connectivity index (χ1) is 5.65. The molecule has 0 saturated carbocycles. The predicted octanol–water partition coefficient (Wildman–Crippen LogP) is 3.19. The quantitative estimate of drug-likeness (QED) is 0.693. The van der Waals surface area contributed by atoms with E-state index in [-0.39, 0.29) is 5.02 Å².